The molecule has 0 aromatic carbocycles. The molecule has 1 aliphatic heterocycles. The van der Waals surface area contributed by atoms with Crippen LogP contribution in [0.2, 0.25) is 0 Å². The fraction of sp³-hybridized carbons (Fsp3) is 0.643. The van der Waals surface area contributed by atoms with Crippen molar-refractivity contribution in [1.82, 2.24) is 20.8 Å². The summed E-state index contributed by atoms with van der Waals surface area (Å²) in [5.74, 6) is 0.624. The maximum atomic E-state index is 11.8. The molecule has 1 aliphatic rings. The Labute approximate surface area is 120 Å². The lowest BCUT2D eigenvalue weighted by Crippen LogP contribution is -2.38. The third-order valence-electron chi connectivity index (χ3n) is 3.41. The predicted molar refractivity (Wildman–Crippen MR) is 78.5 cm³/mol. The van der Waals surface area contributed by atoms with Crippen molar-refractivity contribution < 1.29 is 4.79 Å². The summed E-state index contributed by atoms with van der Waals surface area (Å²) < 4.78 is 0. The van der Waals surface area contributed by atoms with Gasteiger partial charge in [0.15, 0.2) is 0 Å². The molecule has 1 saturated heterocycles. The van der Waals surface area contributed by atoms with Crippen molar-refractivity contribution in [2.24, 2.45) is 0 Å². The Morgan fingerprint density at radius 3 is 2.70 bits per heavy atom. The summed E-state index contributed by atoms with van der Waals surface area (Å²) in [5.41, 5.74) is 5.85. The van der Waals surface area contributed by atoms with Gasteiger partial charge >= 0.3 is 0 Å². The molecular weight excluding hydrogens is 254 g/mol. The molecule has 0 spiro atoms. The highest BCUT2D eigenvalue weighted by atomic mass is 16.2. The van der Waals surface area contributed by atoms with Gasteiger partial charge in [-0.05, 0) is 25.7 Å². The van der Waals surface area contributed by atoms with Crippen LogP contribution in [-0.2, 0) is 0 Å². The summed E-state index contributed by atoms with van der Waals surface area (Å²) in [7, 11) is 0. The standard InChI is InChI=1S/C14H23N5O/c1-2-3-7-17-18-14(20)12-10-16-13(11-15-12)19-8-5-4-6-9-19/h10-11,17H,2-9H2,1H3,(H,18,20). The van der Waals surface area contributed by atoms with Gasteiger partial charge in [0.25, 0.3) is 5.91 Å². The minimum Gasteiger partial charge on any atom is -0.355 e. The molecule has 1 aromatic rings. The summed E-state index contributed by atoms with van der Waals surface area (Å²) >= 11 is 0. The minimum absolute atomic E-state index is 0.237. The van der Waals surface area contributed by atoms with Gasteiger partial charge in [-0.1, -0.05) is 13.3 Å². The van der Waals surface area contributed by atoms with Crippen LogP contribution in [-0.4, -0.2) is 35.5 Å². The molecule has 0 saturated carbocycles. The van der Waals surface area contributed by atoms with Gasteiger partial charge in [0.2, 0.25) is 0 Å². The van der Waals surface area contributed by atoms with E-state index in [1.165, 1.54) is 19.3 Å². The van der Waals surface area contributed by atoms with Crippen LogP contribution in [0.1, 0.15) is 49.5 Å². The minimum atomic E-state index is -0.237. The average molecular weight is 277 g/mol. The van der Waals surface area contributed by atoms with Crippen LogP contribution in [0, 0.1) is 0 Å². The van der Waals surface area contributed by atoms with Gasteiger partial charge < -0.3 is 4.90 Å². The number of amides is 1. The quantitative estimate of drug-likeness (QED) is 0.609. The van der Waals surface area contributed by atoms with E-state index in [9.17, 15) is 4.79 Å². The number of hydrazine groups is 1. The Balaban J connectivity index is 1.85. The number of carbonyl (C=O) groups excluding carboxylic acids is 1. The summed E-state index contributed by atoms with van der Waals surface area (Å²) in [5, 5.41) is 0. The normalized spacial score (nSPS) is 15.2. The lowest BCUT2D eigenvalue weighted by molar-refractivity contribution is 0.0927. The van der Waals surface area contributed by atoms with Gasteiger partial charge in [-0.3, -0.25) is 10.2 Å². The van der Waals surface area contributed by atoms with Crippen molar-refractivity contribution in [3.8, 4) is 0 Å². The van der Waals surface area contributed by atoms with E-state index in [4.69, 9.17) is 0 Å². The van der Waals surface area contributed by atoms with E-state index in [0.29, 0.717) is 5.69 Å². The van der Waals surface area contributed by atoms with E-state index < -0.39 is 0 Å². The Morgan fingerprint density at radius 2 is 2.05 bits per heavy atom. The van der Waals surface area contributed by atoms with Gasteiger partial charge in [0.05, 0.1) is 12.4 Å². The Bertz CT molecular complexity index is 414. The highest BCUT2D eigenvalue weighted by Crippen LogP contribution is 2.16. The molecule has 0 atom stereocenters. The first-order valence-electron chi connectivity index (χ1n) is 7.41. The monoisotopic (exact) mass is 277 g/mol. The number of nitrogens with one attached hydrogen (secondary N) is 2. The van der Waals surface area contributed by atoms with Gasteiger partial charge in [-0.2, -0.15) is 0 Å². The van der Waals surface area contributed by atoms with Crippen LogP contribution in [0.25, 0.3) is 0 Å². The third-order valence-corrected chi connectivity index (χ3v) is 3.41. The number of hydrogen-bond acceptors (Lipinski definition) is 5. The molecule has 0 bridgehead atoms. The molecule has 0 radical (unpaired) electrons. The fourth-order valence-electron chi connectivity index (χ4n) is 2.20. The smallest absolute Gasteiger partial charge is 0.285 e. The summed E-state index contributed by atoms with van der Waals surface area (Å²) in [6.07, 6.45) is 9.03. The summed E-state index contributed by atoms with van der Waals surface area (Å²) in [4.78, 5) is 22.6. The van der Waals surface area contributed by atoms with E-state index >= 15 is 0 Å². The number of aromatic nitrogens is 2. The molecule has 6 heteroatoms. The first kappa shape index (κ1) is 14.7. The van der Waals surface area contributed by atoms with E-state index in [0.717, 1.165) is 38.3 Å². The zero-order valence-electron chi connectivity index (χ0n) is 12.1. The van der Waals surface area contributed by atoms with Crippen molar-refractivity contribution in [2.75, 3.05) is 24.5 Å². The Morgan fingerprint density at radius 1 is 1.25 bits per heavy atom. The molecule has 0 unspecified atom stereocenters. The number of piperidine rings is 1. The number of nitrogens with zero attached hydrogens (tertiary/aromatic N) is 3. The molecule has 1 fully saturated rings. The van der Waals surface area contributed by atoms with Crippen LogP contribution in [0.3, 0.4) is 0 Å². The summed E-state index contributed by atoms with van der Waals surface area (Å²) in [6, 6.07) is 0. The first-order chi connectivity index (χ1) is 9.81. The van der Waals surface area contributed by atoms with E-state index in [-0.39, 0.29) is 5.91 Å². The highest BCUT2D eigenvalue weighted by Gasteiger charge is 2.13. The Hall–Kier alpha value is -1.69. The number of carbonyl (C=O) groups is 1. The zero-order chi connectivity index (χ0) is 14.2. The third kappa shape index (κ3) is 4.16. The van der Waals surface area contributed by atoms with Crippen LogP contribution in [0.5, 0.6) is 0 Å². The molecule has 6 nitrogen and oxygen atoms in total. The molecule has 1 amide bonds. The van der Waals surface area contributed by atoms with Crippen LogP contribution in [0.15, 0.2) is 12.4 Å². The largest absolute Gasteiger partial charge is 0.355 e. The second kappa shape index (κ2) is 7.79. The van der Waals surface area contributed by atoms with Crippen molar-refractivity contribution >= 4 is 11.7 Å². The lowest BCUT2D eigenvalue weighted by Gasteiger charge is -2.27. The zero-order valence-corrected chi connectivity index (χ0v) is 12.1. The summed E-state index contributed by atoms with van der Waals surface area (Å²) in [6.45, 7) is 4.92. The molecule has 2 rings (SSSR count). The van der Waals surface area contributed by atoms with Crippen molar-refractivity contribution in [2.45, 2.75) is 39.0 Å². The molecule has 2 N–H and O–H groups in total. The number of unbranched alkanes of at least 4 members (excludes halogenated alkanes) is 1. The maximum absolute atomic E-state index is 11.8. The van der Waals surface area contributed by atoms with Gasteiger partial charge in [-0.15, -0.1) is 0 Å². The molecule has 2 heterocycles. The average Bonchev–Trinajstić information content (AvgIpc) is 2.52. The van der Waals surface area contributed by atoms with Crippen molar-refractivity contribution in [1.29, 1.82) is 0 Å². The fourth-order valence-corrected chi connectivity index (χ4v) is 2.20. The first-order valence-corrected chi connectivity index (χ1v) is 7.41. The van der Waals surface area contributed by atoms with Crippen molar-refractivity contribution in [3.05, 3.63) is 18.1 Å². The molecule has 20 heavy (non-hydrogen) atoms. The number of anilines is 1. The lowest BCUT2D eigenvalue weighted by atomic mass is 10.1. The second-order valence-electron chi connectivity index (χ2n) is 5.04. The molecule has 1 aromatic heterocycles. The predicted octanol–water partition coefficient (Wildman–Crippen LogP) is 1.50. The highest BCUT2D eigenvalue weighted by molar-refractivity contribution is 5.91. The van der Waals surface area contributed by atoms with E-state index in [1.807, 2.05) is 0 Å². The molecule has 0 aliphatic carbocycles. The number of hydrogen-bond donors (Lipinski definition) is 2. The number of rotatable bonds is 6. The van der Waals surface area contributed by atoms with Gasteiger partial charge in [-0.25, -0.2) is 15.4 Å². The Kier molecular flexibility index (Phi) is 5.73. The SMILES string of the molecule is CCCCNNC(=O)c1cnc(N2CCCCC2)cn1. The van der Waals surface area contributed by atoms with Crippen LogP contribution in [0.4, 0.5) is 5.82 Å². The van der Waals surface area contributed by atoms with Crippen LogP contribution < -0.4 is 15.8 Å². The van der Waals surface area contributed by atoms with Crippen molar-refractivity contribution in [3.63, 3.8) is 0 Å². The second-order valence-corrected chi connectivity index (χ2v) is 5.04. The van der Waals surface area contributed by atoms with Crippen LogP contribution >= 0.6 is 0 Å². The molecular formula is C14H23N5O. The molecule has 110 valence electrons. The topological polar surface area (TPSA) is 70.2 Å². The van der Waals surface area contributed by atoms with E-state index in [1.54, 1.807) is 12.4 Å². The van der Waals surface area contributed by atoms with Gasteiger partial charge in [0, 0.05) is 19.6 Å². The maximum Gasteiger partial charge on any atom is 0.285 e. The van der Waals surface area contributed by atoms with E-state index in [2.05, 4.69) is 32.6 Å². The van der Waals surface area contributed by atoms with Gasteiger partial charge in [0.1, 0.15) is 11.5 Å².